The van der Waals surface area contributed by atoms with Gasteiger partial charge in [0.15, 0.2) is 0 Å². The van der Waals surface area contributed by atoms with E-state index in [0.29, 0.717) is 6.54 Å². The number of hydrogen-bond donors (Lipinski definition) is 1. The number of ether oxygens (including phenoxy) is 1. The summed E-state index contributed by atoms with van der Waals surface area (Å²) in [6.07, 6.45) is 7.21. The standard InChI is InChI=1S/C25H30N2O3/c1-30-21-14-12-18(13-15-21)23(16-24(28)26-20-9-4-2-3-5-10-20)27-17-19-8-6-7-11-22(19)25(27)29/h6-8,11-15,20,23H,2-5,9-10,16-17H2,1H3,(H,26,28)/t23-/m1/s1. The molecule has 2 aromatic rings. The number of carbonyl (C=O) groups is 2. The summed E-state index contributed by atoms with van der Waals surface area (Å²) in [5.41, 5.74) is 2.71. The number of nitrogens with one attached hydrogen (secondary N) is 1. The van der Waals surface area contributed by atoms with Crippen molar-refractivity contribution < 1.29 is 14.3 Å². The maximum absolute atomic E-state index is 13.1. The molecule has 0 spiro atoms. The Bertz CT molecular complexity index is 886. The van der Waals surface area contributed by atoms with E-state index < -0.39 is 0 Å². The average molecular weight is 407 g/mol. The molecule has 30 heavy (non-hydrogen) atoms. The lowest BCUT2D eigenvalue weighted by atomic mass is 10.0. The molecule has 158 valence electrons. The molecule has 5 heteroatoms. The van der Waals surface area contributed by atoms with Gasteiger partial charge in [0, 0.05) is 18.2 Å². The molecule has 4 rings (SSSR count). The van der Waals surface area contributed by atoms with E-state index in [2.05, 4.69) is 5.32 Å². The van der Waals surface area contributed by atoms with E-state index >= 15 is 0 Å². The Morgan fingerprint density at radius 3 is 2.43 bits per heavy atom. The van der Waals surface area contributed by atoms with Gasteiger partial charge in [-0.05, 0) is 42.2 Å². The molecule has 2 amide bonds. The van der Waals surface area contributed by atoms with Crippen LogP contribution in [0.5, 0.6) is 5.75 Å². The molecule has 2 aromatic carbocycles. The lowest BCUT2D eigenvalue weighted by Crippen LogP contribution is -2.38. The van der Waals surface area contributed by atoms with Crippen LogP contribution in [0, 0.1) is 0 Å². The van der Waals surface area contributed by atoms with Gasteiger partial charge in [-0.1, -0.05) is 56.0 Å². The minimum absolute atomic E-state index is 0.00585. The molecule has 1 fully saturated rings. The highest BCUT2D eigenvalue weighted by Gasteiger charge is 2.34. The van der Waals surface area contributed by atoms with Crippen LogP contribution in [0.1, 0.15) is 72.5 Å². The summed E-state index contributed by atoms with van der Waals surface area (Å²) in [6, 6.07) is 15.3. The van der Waals surface area contributed by atoms with Gasteiger partial charge in [-0.15, -0.1) is 0 Å². The molecular weight excluding hydrogens is 376 g/mol. The van der Waals surface area contributed by atoms with Crippen LogP contribution in [0.25, 0.3) is 0 Å². The second kappa shape index (κ2) is 9.33. The molecule has 0 bridgehead atoms. The summed E-state index contributed by atoms with van der Waals surface area (Å²) in [4.78, 5) is 27.9. The van der Waals surface area contributed by atoms with Crippen molar-refractivity contribution in [2.75, 3.05) is 7.11 Å². The molecule has 0 aromatic heterocycles. The maximum atomic E-state index is 13.1. The lowest BCUT2D eigenvalue weighted by Gasteiger charge is -2.29. The SMILES string of the molecule is COc1ccc([C@@H](CC(=O)NC2CCCCCC2)N2Cc3ccccc3C2=O)cc1. The fourth-order valence-corrected chi connectivity index (χ4v) is 4.65. The minimum atomic E-state index is -0.304. The number of fused-ring (bicyclic) bond motifs is 1. The van der Waals surface area contributed by atoms with Gasteiger partial charge in [-0.25, -0.2) is 0 Å². The van der Waals surface area contributed by atoms with E-state index in [0.717, 1.165) is 35.3 Å². The van der Waals surface area contributed by atoms with Gasteiger partial charge < -0.3 is 15.0 Å². The average Bonchev–Trinajstić information content (AvgIpc) is 2.92. The Hall–Kier alpha value is -2.82. The van der Waals surface area contributed by atoms with Gasteiger partial charge in [0.1, 0.15) is 5.75 Å². The highest BCUT2D eigenvalue weighted by Crippen LogP contribution is 2.34. The van der Waals surface area contributed by atoms with Crippen LogP contribution in [-0.2, 0) is 11.3 Å². The Morgan fingerprint density at radius 2 is 1.77 bits per heavy atom. The van der Waals surface area contributed by atoms with Gasteiger partial charge in [0.2, 0.25) is 5.91 Å². The van der Waals surface area contributed by atoms with Gasteiger partial charge in [-0.3, -0.25) is 9.59 Å². The molecule has 1 N–H and O–H groups in total. The van der Waals surface area contributed by atoms with Crippen molar-refractivity contribution in [3.05, 3.63) is 65.2 Å². The Balaban J connectivity index is 1.54. The number of rotatable bonds is 6. The number of amides is 2. The van der Waals surface area contributed by atoms with Crippen molar-refractivity contribution in [3.8, 4) is 5.75 Å². The summed E-state index contributed by atoms with van der Waals surface area (Å²) in [7, 11) is 1.63. The molecule has 0 radical (unpaired) electrons. The van der Waals surface area contributed by atoms with E-state index in [9.17, 15) is 9.59 Å². The Kier molecular flexibility index (Phi) is 6.36. The predicted molar refractivity (Wildman–Crippen MR) is 116 cm³/mol. The van der Waals surface area contributed by atoms with Crippen LogP contribution in [-0.4, -0.2) is 29.9 Å². The highest BCUT2D eigenvalue weighted by atomic mass is 16.5. The Morgan fingerprint density at radius 1 is 1.07 bits per heavy atom. The summed E-state index contributed by atoms with van der Waals surface area (Å²) in [5.74, 6) is 0.775. The normalized spacial score (nSPS) is 17.9. The first-order valence-corrected chi connectivity index (χ1v) is 11.0. The quantitative estimate of drug-likeness (QED) is 0.712. The molecule has 0 unspecified atom stereocenters. The fourth-order valence-electron chi connectivity index (χ4n) is 4.65. The minimum Gasteiger partial charge on any atom is -0.497 e. The second-order valence-corrected chi connectivity index (χ2v) is 8.34. The number of carbonyl (C=O) groups excluding carboxylic acids is 2. The first-order valence-electron chi connectivity index (χ1n) is 11.0. The van der Waals surface area contributed by atoms with Crippen LogP contribution in [0.3, 0.4) is 0 Å². The molecule has 0 saturated heterocycles. The van der Waals surface area contributed by atoms with E-state index in [4.69, 9.17) is 4.74 Å². The number of nitrogens with zero attached hydrogens (tertiary/aromatic N) is 1. The molecule has 2 aliphatic rings. The van der Waals surface area contributed by atoms with Crippen molar-refractivity contribution >= 4 is 11.8 Å². The van der Waals surface area contributed by atoms with Crippen LogP contribution >= 0.6 is 0 Å². The lowest BCUT2D eigenvalue weighted by molar-refractivity contribution is -0.123. The van der Waals surface area contributed by atoms with Crippen molar-refractivity contribution in [3.63, 3.8) is 0 Å². The van der Waals surface area contributed by atoms with Crippen molar-refractivity contribution in [2.45, 2.75) is 63.6 Å². The smallest absolute Gasteiger partial charge is 0.255 e. The first-order chi connectivity index (χ1) is 14.7. The number of methoxy groups -OCH3 is 1. The zero-order valence-corrected chi connectivity index (χ0v) is 17.6. The first kappa shape index (κ1) is 20.5. The van der Waals surface area contributed by atoms with Crippen molar-refractivity contribution in [1.29, 1.82) is 0 Å². The molecule has 1 saturated carbocycles. The molecule has 1 aliphatic heterocycles. The topological polar surface area (TPSA) is 58.6 Å². The third-order valence-corrected chi connectivity index (χ3v) is 6.33. The van der Waals surface area contributed by atoms with Crippen molar-refractivity contribution in [1.82, 2.24) is 10.2 Å². The predicted octanol–water partition coefficient (Wildman–Crippen LogP) is 4.62. The van der Waals surface area contributed by atoms with Gasteiger partial charge in [0.25, 0.3) is 5.91 Å². The maximum Gasteiger partial charge on any atom is 0.255 e. The molecule has 1 atom stereocenters. The zero-order chi connectivity index (χ0) is 20.9. The van der Waals surface area contributed by atoms with Crippen molar-refractivity contribution in [2.24, 2.45) is 0 Å². The summed E-state index contributed by atoms with van der Waals surface area (Å²) in [5, 5.41) is 3.24. The van der Waals surface area contributed by atoms with E-state index in [-0.39, 0.29) is 30.3 Å². The largest absolute Gasteiger partial charge is 0.497 e. The van der Waals surface area contributed by atoms with E-state index in [1.807, 2.05) is 53.4 Å². The fraction of sp³-hybridized carbons (Fsp3) is 0.440. The van der Waals surface area contributed by atoms with Gasteiger partial charge >= 0.3 is 0 Å². The van der Waals surface area contributed by atoms with E-state index in [1.165, 1.54) is 25.7 Å². The molecule has 1 heterocycles. The molecule has 5 nitrogen and oxygen atoms in total. The monoisotopic (exact) mass is 406 g/mol. The van der Waals surface area contributed by atoms with Crippen LogP contribution in [0.15, 0.2) is 48.5 Å². The van der Waals surface area contributed by atoms with Crippen LogP contribution in [0.4, 0.5) is 0 Å². The zero-order valence-electron chi connectivity index (χ0n) is 17.6. The number of benzene rings is 2. The highest BCUT2D eigenvalue weighted by molar-refractivity contribution is 5.98. The van der Waals surface area contributed by atoms with E-state index in [1.54, 1.807) is 7.11 Å². The van der Waals surface area contributed by atoms with Gasteiger partial charge in [-0.2, -0.15) is 0 Å². The summed E-state index contributed by atoms with van der Waals surface area (Å²) < 4.78 is 5.28. The molecule has 1 aliphatic carbocycles. The Labute approximate surface area is 178 Å². The van der Waals surface area contributed by atoms with Gasteiger partial charge in [0.05, 0.1) is 19.6 Å². The second-order valence-electron chi connectivity index (χ2n) is 8.34. The summed E-state index contributed by atoms with van der Waals surface area (Å²) in [6.45, 7) is 0.530. The molecular formula is C25H30N2O3. The van der Waals surface area contributed by atoms with Crippen LogP contribution < -0.4 is 10.1 Å². The van der Waals surface area contributed by atoms with Crippen LogP contribution in [0.2, 0.25) is 0 Å². The number of hydrogen-bond acceptors (Lipinski definition) is 3. The third-order valence-electron chi connectivity index (χ3n) is 6.33. The third kappa shape index (κ3) is 4.50. The summed E-state index contributed by atoms with van der Waals surface area (Å²) >= 11 is 0.